The van der Waals surface area contributed by atoms with Crippen LogP contribution < -0.4 is 5.32 Å². The molecule has 2 N–H and O–H groups in total. The van der Waals surface area contributed by atoms with Crippen molar-refractivity contribution in [2.45, 2.75) is 0 Å². The first-order chi connectivity index (χ1) is 13.0. The van der Waals surface area contributed by atoms with Crippen LogP contribution in [0.2, 0.25) is 0 Å². The predicted octanol–water partition coefficient (Wildman–Crippen LogP) is 1.82. The van der Waals surface area contributed by atoms with Gasteiger partial charge in [0.1, 0.15) is 0 Å². The Balaban J connectivity index is 1.94. The van der Waals surface area contributed by atoms with E-state index in [4.69, 9.17) is 0 Å². The number of nitrogens with zero attached hydrogens (tertiary/aromatic N) is 7. The molecule has 0 aliphatic carbocycles. The highest BCUT2D eigenvalue weighted by Gasteiger charge is 2.23. The molecule has 1 aromatic heterocycles. The van der Waals surface area contributed by atoms with Crippen LogP contribution in [-0.4, -0.2) is 41.5 Å². The number of phenols is 1. The second kappa shape index (κ2) is 7.22. The molecule has 0 saturated heterocycles. The molecule has 1 heterocycles. The van der Waals surface area contributed by atoms with E-state index in [-0.39, 0.29) is 11.5 Å². The minimum Gasteiger partial charge on any atom is -0.502 e. The molecule has 3 aromatic rings. The van der Waals surface area contributed by atoms with Gasteiger partial charge >= 0.3 is 5.69 Å². The topological polar surface area (TPSA) is 174 Å². The first-order valence-electron chi connectivity index (χ1n) is 7.26. The van der Waals surface area contributed by atoms with Gasteiger partial charge in [-0.25, -0.2) is 0 Å². The summed E-state index contributed by atoms with van der Waals surface area (Å²) < 4.78 is 0. The third-order valence-electron chi connectivity index (χ3n) is 3.30. The quantitative estimate of drug-likeness (QED) is 0.372. The monoisotopic (exact) mass is 370 g/mol. The Morgan fingerprint density at radius 1 is 1.15 bits per heavy atom. The number of aromatic hydroxyl groups is 1. The lowest BCUT2D eigenvalue weighted by Gasteiger charge is -2.03. The Hall–Kier alpha value is -4.42. The molecule has 0 unspecified atom stereocenters. The summed E-state index contributed by atoms with van der Waals surface area (Å²) in [6.45, 7) is 0. The van der Waals surface area contributed by atoms with Gasteiger partial charge in [-0.3, -0.25) is 20.2 Å². The van der Waals surface area contributed by atoms with E-state index in [9.17, 15) is 25.3 Å². The Morgan fingerprint density at radius 3 is 2.56 bits per heavy atom. The lowest BCUT2D eigenvalue weighted by Crippen LogP contribution is -2.02. The van der Waals surface area contributed by atoms with Crippen molar-refractivity contribution in [1.82, 2.24) is 20.3 Å². The predicted molar refractivity (Wildman–Crippen MR) is 91.9 cm³/mol. The van der Waals surface area contributed by atoms with Crippen LogP contribution in [0.1, 0.15) is 5.56 Å². The number of non-ortho nitro benzene ring substituents is 1. The number of hydrogen-bond acceptors (Lipinski definition) is 10. The van der Waals surface area contributed by atoms with Gasteiger partial charge in [0.15, 0.2) is 0 Å². The number of aromatic nitrogens is 4. The number of nitro benzene ring substituents is 2. The molecule has 0 saturated carbocycles. The van der Waals surface area contributed by atoms with Crippen LogP contribution in [0.3, 0.4) is 0 Å². The molecule has 27 heavy (non-hydrogen) atoms. The van der Waals surface area contributed by atoms with E-state index in [1.807, 2.05) is 6.07 Å². The molecule has 2 aromatic carbocycles. The molecule has 0 amide bonds. The molecule has 136 valence electrons. The van der Waals surface area contributed by atoms with Crippen molar-refractivity contribution in [2.75, 3.05) is 5.32 Å². The summed E-state index contributed by atoms with van der Waals surface area (Å²) >= 11 is 0. The first kappa shape index (κ1) is 17.4. The number of benzene rings is 2. The van der Waals surface area contributed by atoms with Crippen LogP contribution in [-0.2, 0) is 0 Å². The maximum atomic E-state index is 11.0. The molecular formula is C14H10N8O5. The molecule has 0 aliphatic heterocycles. The Labute approximate surface area is 149 Å². The lowest BCUT2D eigenvalue weighted by molar-refractivity contribution is -0.394. The van der Waals surface area contributed by atoms with Crippen molar-refractivity contribution < 1.29 is 15.0 Å². The van der Waals surface area contributed by atoms with Gasteiger partial charge in [-0.15, -0.1) is 0 Å². The normalized spacial score (nSPS) is 10.8. The molecule has 0 bridgehead atoms. The molecule has 0 fully saturated rings. The highest BCUT2D eigenvalue weighted by Crippen LogP contribution is 2.33. The maximum Gasteiger partial charge on any atom is 0.318 e. The van der Waals surface area contributed by atoms with E-state index in [0.29, 0.717) is 11.8 Å². The summed E-state index contributed by atoms with van der Waals surface area (Å²) in [5.74, 6) is -0.642. The van der Waals surface area contributed by atoms with Gasteiger partial charge in [0.25, 0.3) is 11.6 Å². The summed E-state index contributed by atoms with van der Waals surface area (Å²) in [4.78, 5) is 21.1. The Morgan fingerprint density at radius 2 is 1.89 bits per heavy atom. The van der Waals surface area contributed by atoms with E-state index in [0.717, 1.165) is 17.1 Å². The van der Waals surface area contributed by atoms with Crippen molar-refractivity contribution in [3.8, 4) is 5.75 Å². The Bertz CT molecular complexity index is 1030. The van der Waals surface area contributed by atoms with Crippen molar-refractivity contribution in [1.29, 1.82) is 0 Å². The van der Waals surface area contributed by atoms with Crippen molar-refractivity contribution in [3.05, 3.63) is 68.3 Å². The molecule has 3 rings (SSSR count). The smallest absolute Gasteiger partial charge is 0.318 e. The fraction of sp³-hybridized carbons (Fsp3) is 0. The van der Waals surface area contributed by atoms with Gasteiger partial charge in [0, 0.05) is 11.8 Å². The summed E-state index contributed by atoms with van der Waals surface area (Å²) in [6.07, 6.45) is 0.974. The average Bonchev–Trinajstić information content (AvgIpc) is 3.08. The zero-order valence-electron chi connectivity index (χ0n) is 13.3. The second-order valence-electron chi connectivity index (χ2n) is 5.04. The van der Waals surface area contributed by atoms with Crippen LogP contribution in [0.5, 0.6) is 5.75 Å². The summed E-state index contributed by atoms with van der Waals surface area (Å²) in [5.41, 5.74) is -0.944. The number of rotatable bonds is 6. The molecule has 13 nitrogen and oxygen atoms in total. The lowest BCUT2D eigenvalue weighted by atomic mass is 10.1. The Kier molecular flexibility index (Phi) is 4.65. The van der Waals surface area contributed by atoms with Crippen LogP contribution in [0.25, 0.3) is 0 Å². The standard InChI is InChI=1S/C14H10N8O5/c23-13-9(6-11(21(24)25)7-12(13)22(26)27)8-15-20-14(17-18-19-20)16-10-4-2-1-3-5-10/h1-8,23H,(H,16,17,19). The van der Waals surface area contributed by atoms with E-state index in [1.54, 1.807) is 24.3 Å². The SMILES string of the molecule is O=[N+]([O-])c1cc(C=Nn2nnnc2Nc2ccccc2)c(O)c([N+](=O)[O-])c1. The minimum atomic E-state index is -0.931. The third-order valence-corrected chi connectivity index (χ3v) is 3.30. The highest BCUT2D eigenvalue weighted by atomic mass is 16.6. The summed E-state index contributed by atoms with van der Waals surface area (Å²) in [6, 6.07) is 10.5. The molecular weight excluding hydrogens is 360 g/mol. The van der Waals surface area contributed by atoms with Crippen LogP contribution in [0, 0.1) is 20.2 Å². The van der Waals surface area contributed by atoms with E-state index < -0.39 is 27.0 Å². The molecule has 0 aliphatic rings. The molecule has 0 radical (unpaired) electrons. The number of anilines is 2. The van der Waals surface area contributed by atoms with Gasteiger partial charge in [-0.2, -0.15) is 5.10 Å². The van der Waals surface area contributed by atoms with Crippen LogP contribution in [0.15, 0.2) is 47.6 Å². The zero-order valence-corrected chi connectivity index (χ0v) is 13.3. The number of hydrogen-bond donors (Lipinski definition) is 2. The maximum absolute atomic E-state index is 11.0. The van der Waals surface area contributed by atoms with Gasteiger partial charge < -0.3 is 10.4 Å². The van der Waals surface area contributed by atoms with Crippen molar-refractivity contribution in [2.24, 2.45) is 5.10 Å². The fourth-order valence-electron chi connectivity index (χ4n) is 2.07. The van der Waals surface area contributed by atoms with E-state index in [2.05, 4.69) is 25.9 Å². The molecule has 13 heteroatoms. The largest absolute Gasteiger partial charge is 0.502 e. The van der Waals surface area contributed by atoms with Gasteiger partial charge in [-0.1, -0.05) is 28.1 Å². The second-order valence-corrected chi connectivity index (χ2v) is 5.04. The number of tetrazole rings is 1. The average molecular weight is 370 g/mol. The zero-order chi connectivity index (χ0) is 19.4. The number of phenolic OH excluding ortho intramolecular Hbond substituents is 1. The molecule has 0 spiro atoms. The van der Waals surface area contributed by atoms with Gasteiger partial charge in [0.2, 0.25) is 5.75 Å². The number of nitro groups is 2. The van der Waals surface area contributed by atoms with Gasteiger partial charge in [-0.05, 0) is 22.6 Å². The third kappa shape index (κ3) is 3.81. The summed E-state index contributed by atoms with van der Waals surface area (Å²) in [5, 5.41) is 49.5. The van der Waals surface area contributed by atoms with Crippen LogP contribution >= 0.6 is 0 Å². The fourth-order valence-corrected chi connectivity index (χ4v) is 2.07. The minimum absolute atomic E-state index is 0.122. The highest BCUT2D eigenvalue weighted by molar-refractivity contribution is 5.87. The number of nitrogens with one attached hydrogen (secondary N) is 1. The van der Waals surface area contributed by atoms with E-state index >= 15 is 0 Å². The van der Waals surface area contributed by atoms with Gasteiger partial charge in [0.05, 0.1) is 27.7 Å². The molecule has 0 atom stereocenters. The van der Waals surface area contributed by atoms with Crippen molar-refractivity contribution >= 4 is 29.2 Å². The van der Waals surface area contributed by atoms with Crippen LogP contribution in [0.4, 0.5) is 23.0 Å². The number of para-hydroxylation sites is 1. The van der Waals surface area contributed by atoms with Crippen molar-refractivity contribution in [3.63, 3.8) is 0 Å². The summed E-state index contributed by atoms with van der Waals surface area (Å²) in [7, 11) is 0. The first-order valence-corrected chi connectivity index (χ1v) is 7.26. The van der Waals surface area contributed by atoms with E-state index in [1.165, 1.54) is 0 Å².